The summed E-state index contributed by atoms with van der Waals surface area (Å²) in [5, 5.41) is 23.3. The summed E-state index contributed by atoms with van der Waals surface area (Å²) in [7, 11) is 0. The van der Waals surface area contributed by atoms with Crippen LogP contribution in [0, 0.1) is 0 Å². The second-order valence-corrected chi connectivity index (χ2v) is 18.2. The normalized spacial score (nSPS) is 12.9. The van der Waals surface area contributed by atoms with E-state index < -0.39 is 12.1 Å². The van der Waals surface area contributed by atoms with Crippen LogP contribution < -0.4 is 5.32 Å². The molecule has 0 aromatic heterocycles. The Morgan fingerprint density at radius 3 is 1.31 bits per heavy atom. The summed E-state index contributed by atoms with van der Waals surface area (Å²) in [5.74, 6) is -0.110. The smallest absolute Gasteiger partial charge is 0.305 e. The first kappa shape index (κ1) is 59.1. The molecule has 0 aromatic rings. The highest BCUT2D eigenvalue weighted by Gasteiger charge is 2.20. The number of aliphatic hydroxyl groups excluding tert-OH is 2. The van der Waals surface area contributed by atoms with Gasteiger partial charge >= 0.3 is 5.97 Å². The van der Waals surface area contributed by atoms with Crippen LogP contribution >= 0.6 is 0 Å². The Bertz CT molecular complexity index is 993. The van der Waals surface area contributed by atoms with Crippen molar-refractivity contribution in [3.05, 3.63) is 36.5 Å². The summed E-state index contributed by atoms with van der Waals surface area (Å²) >= 11 is 0. The number of unbranched alkanes of at least 4 members (excludes halogenated alkanes) is 32. The largest absolute Gasteiger partial charge is 0.466 e. The van der Waals surface area contributed by atoms with E-state index in [9.17, 15) is 19.8 Å². The van der Waals surface area contributed by atoms with Gasteiger partial charge < -0.3 is 20.3 Å². The van der Waals surface area contributed by atoms with Crippen LogP contribution in [0.15, 0.2) is 36.5 Å². The van der Waals surface area contributed by atoms with Crippen molar-refractivity contribution < 1.29 is 24.5 Å². The highest BCUT2D eigenvalue weighted by molar-refractivity contribution is 5.76. The molecular weight excluding hydrogens is 755 g/mol. The Balaban J connectivity index is 3.53. The average molecular weight is 858 g/mol. The fraction of sp³-hybridized carbons (Fsp3) is 0.855. The van der Waals surface area contributed by atoms with Crippen molar-refractivity contribution >= 4 is 11.9 Å². The standard InChI is InChI=1S/C55H103NO5/c1-3-5-7-9-11-13-15-17-19-20-21-22-23-24-27-31-35-39-43-47-53(58)52(51-57)56-54(59)48-44-40-36-32-28-26-30-34-38-42-46-50-61-55(60)49-45-41-37-33-29-25-18-16-14-12-10-8-6-4-2/h10,12,16,18,30,34,52-53,57-58H,3-9,11,13-15,17,19-29,31-33,35-51H2,1-2H3,(H,56,59)/b12-10-,18-16-,34-30-. The number of hydrogen-bond acceptors (Lipinski definition) is 5. The second kappa shape index (κ2) is 50.7. The van der Waals surface area contributed by atoms with Gasteiger partial charge in [-0.1, -0.05) is 224 Å². The number of nitrogens with one attached hydrogen (secondary N) is 1. The number of carbonyl (C=O) groups is 2. The minimum atomic E-state index is -0.684. The number of esters is 1. The summed E-state index contributed by atoms with van der Waals surface area (Å²) in [4.78, 5) is 24.5. The van der Waals surface area contributed by atoms with Crippen LogP contribution in [0.4, 0.5) is 0 Å². The lowest BCUT2D eigenvalue weighted by Gasteiger charge is -2.22. The molecule has 0 heterocycles. The van der Waals surface area contributed by atoms with E-state index in [1.54, 1.807) is 0 Å². The summed E-state index contributed by atoms with van der Waals surface area (Å²) < 4.78 is 5.42. The fourth-order valence-corrected chi connectivity index (χ4v) is 8.00. The molecule has 6 heteroatoms. The number of carbonyl (C=O) groups excluding carboxylic acids is 2. The molecule has 0 rings (SSSR count). The van der Waals surface area contributed by atoms with Gasteiger partial charge in [0.25, 0.3) is 0 Å². The number of rotatable bonds is 49. The van der Waals surface area contributed by atoms with Gasteiger partial charge in [0.05, 0.1) is 25.4 Å². The van der Waals surface area contributed by atoms with E-state index >= 15 is 0 Å². The molecule has 0 radical (unpaired) electrons. The number of ether oxygens (including phenoxy) is 1. The molecule has 6 nitrogen and oxygen atoms in total. The van der Waals surface area contributed by atoms with Crippen molar-refractivity contribution in [2.45, 2.75) is 289 Å². The molecule has 0 bridgehead atoms. The summed E-state index contributed by atoms with van der Waals surface area (Å²) in [6, 6.07) is -0.564. The van der Waals surface area contributed by atoms with Gasteiger partial charge in [0.15, 0.2) is 0 Å². The number of hydrogen-bond donors (Lipinski definition) is 3. The highest BCUT2D eigenvalue weighted by atomic mass is 16.5. The lowest BCUT2D eigenvalue weighted by atomic mass is 10.0. The van der Waals surface area contributed by atoms with E-state index in [1.807, 2.05) is 0 Å². The van der Waals surface area contributed by atoms with Gasteiger partial charge in [0, 0.05) is 12.8 Å². The monoisotopic (exact) mass is 858 g/mol. The number of aliphatic hydroxyl groups is 2. The molecular formula is C55H103NO5. The van der Waals surface area contributed by atoms with E-state index in [2.05, 4.69) is 55.6 Å². The zero-order valence-corrected chi connectivity index (χ0v) is 40.6. The third-order valence-corrected chi connectivity index (χ3v) is 12.2. The van der Waals surface area contributed by atoms with E-state index in [-0.39, 0.29) is 18.5 Å². The van der Waals surface area contributed by atoms with E-state index in [0.717, 1.165) is 96.3 Å². The zero-order valence-electron chi connectivity index (χ0n) is 40.6. The second-order valence-electron chi connectivity index (χ2n) is 18.2. The minimum absolute atomic E-state index is 0.0458. The molecule has 358 valence electrons. The Morgan fingerprint density at radius 1 is 0.459 bits per heavy atom. The van der Waals surface area contributed by atoms with E-state index in [1.165, 1.54) is 148 Å². The van der Waals surface area contributed by atoms with Gasteiger partial charge in [0.1, 0.15) is 0 Å². The molecule has 0 fully saturated rings. The maximum absolute atomic E-state index is 12.5. The van der Waals surface area contributed by atoms with Gasteiger partial charge in [-0.15, -0.1) is 0 Å². The van der Waals surface area contributed by atoms with Crippen molar-refractivity contribution in [2.75, 3.05) is 13.2 Å². The van der Waals surface area contributed by atoms with Crippen LogP contribution in [0.25, 0.3) is 0 Å². The predicted octanol–water partition coefficient (Wildman–Crippen LogP) is 16.1. The third kappa shape index (κ3) is 47.4. The Labute approximate surface area is 379 Å². The van der Waals surface area contributed by atoms with Crippen molar-refractivity contribution in [3.8, 4) is 0 Å². The van der Waals surface area contributed by atoms with Crippen molar-refractivity contribution in [3.63, 3.8) is 0 Å². The molecule has 0 spiro atoms. The molecule has 0 aliphatic carbocycles. The fourth-order valence-electron chi connectivity index (χ4n) is 8.00. The molecule has 3 N–H and O–H groups in total. The van der Waals surface area contributed by atoms with E-state index in [0.29, 0.717) is 25.9 Å². The van der Waals surface area contributed by atoms with Gasteiger partial charge in [-0.25, -0.2) is 0 Å². The molecule has 0 saturated carbocycles. The average Bonchev–Trinajstić information content (AvgIpc) is 3.26. The lowest BCUT2D eigenvalue weighted by Crippen LogP contribution is -2.45. The molecule has 0 aliphatic rings. The molecule has 0 aliphatic heterocycles. The lowest BCUT2D eigenvalue weighted by molar-refractivity contribution is -0.143. The molecule has 0 saturated heterocycles. The van der Waals surface area contributed by atoms with Crippen molar-refractivity contribution in [2.24, 2.45) is 0 Å². The SMILES string of the molecule is CCCC/C=C\C/C=C\CCCCCCCC(=O)OCCCC/C=C\CCCCCCCC(=O)NC(CO)C(O)CCCCCCCCCCCCCCCCCCCCC. The van der Waals surface area contributed by atoms with Crippen LogP contribution in [0.5, 0.6) is 0 Å². The number of amides is 1. The first-order chi connectivity index (χ1) is 30.0. The number of allylic oxidation sites excluding steroid dienone is 6. The highest BCUT2D eigenvalue weighted by Crippen LogP contribution is 2.16. The van der Waals surface area contributed by atoms with Crippen LogP contribution in [0.1, 0.15) is 277 Å². The Morgan fingerprint density at radius 2 is 0.836 bits per heavy atom. The first-order valence-corrected chi connectivity index (χ1v) is 26.7. The van der Waals surface area contributed by atoms with E-state index in [4.69, 9.17) is 4.74 Å². The van der Waals surface area contributed by atoms with Crippen LogP contribution in [-0.2, 0) is 14.3 Å². The third-order valence-electron chi connectivity index (χ3n) is 12.2. The maximum atomic E-state index is 12.5. The Kier molecular flexibility index (Phi) is 49.1. The summed E-state index contributed by atoms with van der Waals surface area (Å²) in [5.41, 5.74) is 0. The molecule has 2 atom stereocenters. The van der Waals surface area contributed by atoms with Gasteiger partial charge in [-0.3, -0.25) is 9.59 Å². The van der Waals surface area contributed by atoms with Gasteiger partial charge in [-0.05, 0) is 77.0 Å². The maximum Gasteiger partial charge on any atom is 0.305 e. The van der Waals surface area contributed by atoms with Crippen LogP contribution in [0.2, 0.25) is 0 Å². The zero-order chi connectivity index (χ0) is 44.4. The quantitative estimate of drug-likeness (QED) is 0.0322. The molecule has 0 aromatic carbocycles. The van der Waals surface area contributed by atoms with Crippen molar-refractivity contribution in [1.29, 1.82) is 0 Å². The van der Waals surface area contributed by atoms with Gasteiger partial charge in [-0.2, -0.15) is 0 Å². The molecule has 61 heavy (non-hydrogen) atoms. The summed E-state index contributed by atoms with van der Waals surface area (Å²) in [6.07, 6.45) is 61.2. The molecule has 2 unspecified atom stereocenters. The minimum Gasteiger partial charge on any atom is -0.466 e. The topological polar surface area (TPSA) is 95.9 Å². The molecule has 1 amide bonds. The van der Waals surface area contributed by atoms with Crippen LogP contribution in [-0.4, -0.2) is 47.4 Å². The van der Waals surface area contributed by atoms with Crippen LogP contribution in [0.3, 0.4) is 0 Å². The predicted molar refractivity (Wildman–Crippen MR) is 264 cm³/mol. The summed E-state index contributed by atoms with van der Waals surface area (Å²) in [6.45, 7) is 4.83. The Hall–Kier alpha value is -1.92. The first-order valence-electron chi connectivity index (χ1n) is 26.7. The van der Waals surface area contributed by atoms with Crippen molar-refractivity contribution in [1.82, 2.24) is 5.32 Å². The van der Waals surface area contributed by atoms with Gasteiger partial charge in [0.2, 0.25) is 5.91 Å².